The second kappa shape index (κ2) is 8.37. The molecule has 4 aliphatic rings. The third kappa shape index (κ3) is 4.35. The minimum atomic E-state index is -3.95. The Labute approximate surface area is 196 Å². The Bertz CT molecular complexity index is 840. The van der Waals surface area contributed by atoms with E-state index in [2.05, 4.69) is 26.8 Å². The third-order valence-electron chi connectivity index (χ3n) is 10.7. The molecule has 3 fully saturated rings. The van der Waals surface area contributed by atoms with E-state index in [9.17, 15) is 18.1 Å². The van der Waals surface area contributed by atoms with Gasteiger partial charge in [0.1, 0.15) is 0 Å². The molecule has 5 heteroatoms. The average molecular weight is 467 g/mol. The van der Waals surface area contributed by atoms with E-state index in [-0.39, 0.29) is 5.41 Å². The van der Waals surface area contributed by atoms with Gasteiger partial charge in [0.15, 0.2) is 0 Å². The quantitative estimate of drug-likeness (QED) is 0.351. The third-order valence-corrected chi connectivity index (χ3v) is 11.9. The molecule has 3 saturated carbocycles. The first kappa shape index (κ1) is 24.7. The average Bonchev–Trinajstić information content (AvgIpc) is 3.02. The van der Waals surface area contributed by atoms with Crippen LogP contribution in [-0.2, 0) is 10.1 Å². The Morgan fingerprint density at radius 1 is 1.12 bits per heavy atom. The first-order valence-electron chi connectivity index (χ1n) is 13.1. The van der Waals surface area contributed by atoms with Gasteiger partial charge in [0.25, 0.3) is 10.1 Å². The smallest absolute Gasteiger partial charge is 0.268 e. The maximum atomic E-state index is 11.8. The Kier molecular flexibility index (Phi) is 6.47. The van der Waals surface area contributed by atoms with Gasteiger partial charge in [-0.05, 0) is 112 Å². The fourth-order valence-corrected chi connectivity index (χ4v) is 9.72. The van der Waals surface area contributed by atoms with Gasteiger partial charge >= 0.3 is 0 Å². The van der Waals surface area contributed by atoms with Crippen molar-refractivity contribution in [3.05, 3.63) is 11.6 Å². The number of hydrogen-bond acceptors (Lipinski definition) is 3. The van der Waals surface area contributed by atoms with Gasteiger partial charge < -0.3 is 5.11 Å². The molecule has 0 radical (unpaired) electrons. The second-order valence-electron chi connectivity index (χ2n) is 13.0. The van der Waals surface area contributed by atoms with E-state index in [4.69, 9.17) is 0 Å². The van der Waals surface area contributed by atoms with Gasteiger partial charge in [-0.2, -0.15) is 8.42 Å². The molecule has 184 valence electrons. The molecule has 0 bridgehead atoms. The molecule has 32 heavy (non-hydrogen) atoms. The maximum absolute atomic E-state index is 11.8. The minimum absolute atomic E-state index is 0.113. The summed E-state index contributed by atoms with van der Waals surface area (Å²) in [5.74, 6) is 3.64. The van der Waals surface area contributed by atoms with E-state index in [1.807, 2.05) is 13.8 Å². The predicted octanol–water partition coefficient (Wildman–Crippen LogP) is 6.40. The lowest BCUT2D eigenvalue weighted by molar-refractivity contribution is -0.0502. The van der Waals surface area contributed by atoms with Crippen molar-refractivity contribution in [1.29, 1.82) is 0 Å². The Morgan fingerprint density at radius 3 is 2.50 bits per heavy atom. The fraction of sp³-hybridized carbons (Fsp3) is 0.926. The van der Waals surface area contributed by atoms with Gasteiger partial charge in [-0.15, -0.1) is 0 Å². The number of hydrogen-bond donors (Lipinski definition) is 2. The summed E-state index contributed by atoms with van der Waals surface area (Å²) in [7, 11) is -3.95. The molecule has 0 heterocycles. The molecule has 0 amide bonds. The second-order valence-corrected chi connectivity index (χ2v) is 14.7. The maximum Gasteiger partial charge on any atom is 0.268 e. The molecule has 0 aromatic rings. The summed E-state index contributed by atoms with van der Waals surface area (Å²) in [5.41, 5.74) is 1.28. The van der Waals surface area contributed by atoms with Crippen molar-refractivity contribution >= 4 is 10.1 Å². The topological polar surface area (TPSA) is 74.6 Å². The molecule has 0 aromatic heterocycles. The van der Waals surface area contributed by atoms with Crippen LogP contribution >= 0.6 is 0 Å². The predicted molar refractivity (Wildman–Crippen MR) is 130 cm³/mol. The van der Waals surface area contributed by atoms with E-state index >= 15 is 0 Å². The summed E-state index contributed by atoms with van der Waals surface area (Å²) in [6, 6.07) is 0. The highest BCUT2D eigenvalue weighted by molar-refractivity contribution is 7.86. The summed E-state index contributed by atoms with van der Waals surface area (Å²) in [6.45, 7) is 11.3. The Morgan fingerprint density at radius 2 is 1.84 bits per heavy atom. The van der Waals surface area contributed by atoms with Gasteiger partial charge in [0.05, 0.1) is 10.9 Å². The molecule has 0 aliphatic heterocycles. The van der Waals surface area contributed by atoms with Crippen LogP contribution in [-0.4, -0.2) is 28.9 Å². The zero-order valence-electron chi connectivity index (χ0n) is 20.9. The summed E-state index contributed by atoms with van der Waals surface area (Å²) in [5, 5.41) is 9.49. The van der Waals surface area contributed by atoms with Crippen LogP contribution in [0.15, 0.2) is 11.6 Å². The van der Waals surface area contributed by atoms with Gasteiger partial charge in [-0.25, -0.2) is 0 Å². The lowest BCUT2D eigenvalue weighted by Gasteiger charge is -2.58. The molecule has 4 nitrogen and oxygen atoms in total. The Hall–Kier alpha value is -0.390. The van der Waals surface area contributed by atoms with E-state index in [1.165, 1.54) is 37.7 Å². The molecule has 0 aromatic carbocycles. The molecule has 8 atom stereocenters. The van der Waals surface area contributed by atoms with Crippen molar-refractivity contribution in [2.75, 3.05) is 0 Å². The molecular formula is C27H46O4S. The first-order chi connectivity index (χ1) is 14.8. The van der Waals surface area contributed by atoms with Gasteiger partial charge in [-0.3, -0.25) is 4.55 Å². The lowest BCUT2D eigenvalue weighted by atomic mass is 9.47. The first-order valence-corrected chi connectivity index (χ1v) is 14.6. The zero-order valence-corrected chi connectivity index (χ0v) is 21.8. The van der Waals surface area contributed by atoms with Crippen molar-refractivity contribution in [3.8, 4) is 0 Å². The molecule has 4 rings (SSSR count). The molecule has 0 saturated heterocycles. The van der Waals surface area contributed by atoms with Gasteiger partial charge in [0, 0.05) is 0 Å². The highest BCUT2D eigenvalue weighted by Gasteiger charge is 2.59. The highest BCUT2D eigenvalue weighted by atomic mass is 32.2. The minimum Gasteiger partial charge on any atom is -0.390 e. The van der Waals surface area contributed by atoms with Crippen LogP contribution in [0.3, 0.4) is 0 Å². The van der Waals surface area contributed by atoms with Crippen molar-refractivity contribution in [2.45, 2.75) is 116 Å². The summed E-state index contributed by atoms with van der Waals surface area (Å²) >= 11 is 0. The van der Waals surface area contributed by atoms with E-state index in [1.54, 1.807) is 0 Å². The van der Waals surface area contributed by atoms with Crippen molar-refractivity contribution in [2.24, 2.45) is 40.4 Å². The molecule has 4 aliphatic carbocycles. The van der Waals surface area contributed by atoms with Gasteiger partial charge in [0.2, 0.25) is 0 Å². The SMILES string of the molecule is CC(CCCC(C)(C)O)[C@H]1CC[C@H]2[C@@H]3CC=C4C[C@@H](S(=O)(=O)O)CC[C@]4(C)[C@H]3CC[C@]12C. The Balaban J connectivity index is 1.48. The van der Waals surface area contributed by atoms with Crippen LogP contribution < -0.4 is 0 Å². The monoisotopic (exact) mass is 466 g/mol. The van der Waals surface area contributed by atoms with E-state index < -0.39 is 21.0 Å². The van der Waals surface area contributed by atoms with Gasteiger partial charge in [-0.1, -0.05) is 45.3 Å². The summed E-state index contributed by atoms with van der Waals surface area (Å²) < 4.78 is 33.2. The molecule has 0 spiro atoms. The summed E-state index contributed by atoms with van der Waals surface area (Å²) in [4.78, 5) is 0. The van der Waals surface area contributed by atoms with Crippen LogP contribution in [0.2, 0.25) is 0 Å². The standard InChI is InChI=1S/C27H46O4S/c1-18(7-6-14-25(2,3)28)22-10-11-23-21-9-8-19-17-20(32(29,30)31)12-15-26(19,4)24(21)13-16-27(22,23)5/h8,18,20-24,28H,6-7,9-17H2,1-5H3,(H,29,30,31)/t18?,20-,21-,22+,23-,24-,26-,27+/m0/s1. The number of rotatable bonds is 6. The normalized spacial score (nSPS) is 43.1. The van der Waals surface area contributed by atoms with Crippen molar-refractivity contribution < 1.29 is 18.1 Å². The highest BCUT2D eigenvalue weighted by Crippen LogP contribution is 2.67. The van der Waals surface area contributed by atoms with Crippen molar-refractivity contribution in [3.63, 3.8) is 0 Å². The van der Waals surface area contributed by atoms with Crippen LogP contribution in [0.25, 0.3) is 0 Å². The molecule has 2 N–H and O–H groups in total. The van der Waals surface area contributed by atoms with Crippen LogP contribution in [0.4, 0.5) is 0 Å². The van der Waals surface area contributed by atoms with Crippen LogP contribution in [0.5, 0.6) is 0 Å². The fourth-order valence-electron chi connectivity index (χ4n) is 8.91. The van der Waals surface area contributed by atoms with E-state index in [0.29, 0.717) is 30.1 Å². The number of allylic oxidation sites excluding steroid dienone is 2. The van der Waals surface area contributed by atoms with Crippen LogP contribution in [0, 0.1) is 40.4 Å². The van der Waals surface area contributed by atoms with Crippen LogP contribution in [0.1, 0.15) is 105 Å². The van der Waals surface area contributed by atoms with Crippen molar-refractivity contribution in [1.82, 2.24) is 0 Å². The van der Waals surface area contributed by atoms with E-state index in [0.717, 1.165) is 43.4 Å². The molecule has 1 unspecified atom stereocenters. The summed E-state index contributed by atoms with van der Waals surface area (Å²) in [6.07, 6.45) is 13.9. The largest absolute Gasteiger partial charge is 0.390 e. The number of fused-ring (bicyclic) bond motifs is 5. The number of aliphatic hydroxyl groups is 1. The lowest BCUT2D eigenvalue weighted by Crippen LogP contribution is -2.51. The zero-order chi connectivity index (χ0) is 23.5. The molecular weight excluding hydrogens is 420 g/mol.